The molecule has 3 aromatic rings. The summed E-state index contributed by atoms with van der Waals surface area (Å²) in [5.41, 5.74) is 0.883. The molecule has 10 heteroatoms. The van der Waals surface area contributed by atoms with Crippen molar-refractivity contribution in [2.45, 2.75) is 32.1 Å². The molecule has 2 unspecified atom stereocenters. The summed E-state index contributed by atoms with van der Waals surface area (Å²) in [5.74, 6) is -0.176. The van der Waals surface area contributed by atoms with Crippen LogP contribution in [0.2, 0.25) is 5.02 Å². The highest BCUT2D eigenvalue weighted by molar-refractivity contribution is 6.36. The minimum atomic E-state index is -1.71. The Balaban J connectivity index is 1.38. The Morgan fingerprint density at radius 3 is 2.69 bits per heavy atom. The number of benzene rings is 2. The van der Waals surface area contributed by atoms with Gasteiger partial charge in [0, 0.05) is 36.8 Å². The Morgan fingerprint density at radius 1 is 1.25 bits per heavy atom. The molecule has 1 aromatic heterocycles. The summed E-state index contributed by atoms with van der Waals surface area (Å²) in [6.45, 7) is 2.67. The van der Waals surface area contributed by atoms with Crippen LogP contribution in [0.15, 0.2) is 42.1 Å². The second-order valence-corrected chi connectivity index (χ2v) is 9.24. The number of hydrogen-bond acceptors (Lipinski definition) is 8. The van der Waals surface area contributed by atoms with Crippen LogP contribution in [-0.2, 0) is 17.9 Å². The number of aliphatic hydroxyl groups excluding tert-OH is 1. The van der Waals surface area contributed by atoms with Crippen LogP contribution >= 0.6 is 11.6 Å². The summed E-state index contributed by atoms with van der Waals surface area (Å²) in [4.78, 5) is 31.5. The van der Waals surface area contributed by atoms with Crippen molar-refractivity contribution in [3.63, 3.8) is 0 Å². The van der Waals surface area contributed by atoms with Crippen molar-refractivity contribution in [1.29, 1.82) is 0 Å². The molecule has 2 aromatic carbocycles. The monoisotopic (exact) mass is 511 g/mol. The van der Waals surface area contributed by atoms with E-state index in [0.717, 1.165) is 11.0 Å². The molecule has 5 rings (SSSR count). The largest absolute Gasteiger partial charge is 0.496 e. The van der Waals surface area contributed by atoms with Crippen molar-refractivity contribution in [3.8, 4) is 17.2 Å². The van der Waals surface area contributed by atoms with Crippen molar-refractivity contribution in [2.75, 3.05) is 20.8 Å². The number of allylic oxidation sites excluding steroid dienone is 1. The van der Waals surface area contributed by atoms with Crippen LogP contribution in [0.25, 0.3) is 11.0 Å². The molecule has 2 N–H and O–H groups in total. The number of fused-ring (bicyclic) bond motifs is 2. The maximum absolute atomic E-state index is 13.6. The van der Waals surface area contributed by atoms with Gasteiger partial charge >= 0.3 is 0 Å². The molecule has 0 bridgehead atoms. The van der Waals surface area contributed by atoms with E-state index in [4.69, 9.17) is 25.8 Å². The molecule has 0 saturated carbocycles. The number of aliphatic hydroxyl groups is 1. The third-order valence-corrected chi connectivity index (χ3v) is 7.23. The van der Waals surface area contributed by atoms with Crippen LogP contribution in [0, 0.1) is 5.92 Å². The zero-order valence-corrected chi connectivity index (χ0v) is 20.9. The van der Waals surface area contributed by atoms with E-state index in [1.165, 1.54) is 26.4 Å². The van der Waals surface area contributed by atoms with Gasteiger partial charge in [-0.3, -0.25) is 9.59 Å². The Hall–Kier alpha value is -3.56. The maximum atomic E-state index is 13.6. The summed E-state index contributed by atoms with van der Waals surface area (Å²) in [5, 5.41) is 13.1. The number of nitrogens with one attached hydrogen (secondary N) is 1. The highest BCUT2D eigenvalue weighted by Gasteiger charge is 2.60. The van der Waals surface area contributed by atoms with E-state index < -0.39 is 23.1 Å². The van der Waals surface area contributed by atoms with Gasteiger partial charge in [0.2, 0.25) is 17.2 Å². The van der Waals surface area contributed by atoms with E-state index in [2.05, 4.69) is 10.3 Å². The number of imidazole rings is 1. The van der Waals surface area contributed by atoms with Gasteiger partial charge in [-0.25, -0.2) is 4.98 Å². The van der Waals surface area contributed by atoms with E-state index in [0.29, 0.717) is 36.8 Å². The number of nitrogens with zero attached hydrogens (tertiary/aromatic N) is 2. The smallest absolute Gasteiger partial charge is 0.236 e. The van der Waals surface area contributed by atoms with Crippen LogP contribution in [0.5, 0.6) is 17.2 Å². The number of aromatic nitrogens is 2. The van der Waals surface area contributed by atoms with Crippen LogP contribution in [0.3, 0.4) is 0 Å². The zero-order valence-electron chi connectivity index (χ0n) is 20.1. The quantitative estimate of drug-likeness (QED) is 0.465. The molecule has 0 radical (unpaired) electrons. The second kappa shape index (κ2) is 9.15. The molecule has 2 aliphatic rings. The maximum Gasteiger partial charge on any atom is 0.236 e. The number of methoxy groups -OCH3 is 2. The number of ether oxygens (including phenoxy) is 3. The fraction of sp³-hybridized carbons (Fsp3) is 0.346. The zero-order chi connectivity index (χ0) is 25.6. The lowest BCUT2D eigenvalue weighted by atomic mass is 9.74. The van der Waals surface area contributed by atoms with Crippen molar-refractivity contribution in [2.24, 2.45) is 5.92 Å². The van der Waals surface area contributed by atoms with Gasteiger partial charge < -0.3 is 29.2 Å². The minimum absolute atomic E-state index is 0.103. The number of ketones is 2. The molecule has 0 amide bonds. The summed E-state index contributed by atoms with van der Waals surface area (Å²) in [6.07, 6.45) is 1.85. The normalized spacial score (nSPS) is 20.9. The van der Waals surface area contributed by atoms with Gasteiger partial charge in [-0.05, 0) is 18.6 Å². The first-order chi connectivity index (χ1) is 17.3. The molecule has 2 heterocycles. The molecule has 1 spiro atoms. The molecule has 0 saturated heterocycles. The number of rotatable bonds is 7. The van der Waals surface area contributed by atoms with Crippen molar-refractivity contribution in [1.82, 2.24) is 14.9 Å². The number of halogens is 1. The molecule has 2 atom stereocenters. The summed E-state index contributed by atoms with van der Waals surface area (Å²) in [6, 6.07) is 9.19. The lowest BCUT2D eigenvalue weighted by molar-refractivity contribution is -0.129. The number of Topliss-reactive ketones (excluding diaryl/α,β-unsaturated/α-hetero) is 1. The molecular formula is C26H26ClN3O6. The van der Waals surface area contributed by atoms with Gasteiger partial charge in [0.1, 0.15) is 34.5 Å². The minimum Gasteiger partial charge on any atom is -0.496 e. The van der Waals surface area contributed by atoms with Crippen LogP contribution in [0.1, 0.15) is 29.5 Å². The third-order valence-electron chi connectivity index (χ3n) is 6.87. The van der Waals surface area contributed by atoms with E-state index in [1.807, 2.05) is 28.8 Å². The predicted octanol–water partition coefficient (Wildman–Crippen LogP) is 3.30. The highest BCUT2D eigenvalue weighted by Crippen LogP contribution is 2.52. The molecular weight excluding hydrogens is 486 g/mol. The molecule has 188 valence electrons. The van der Waals surface area contributed by atoms with Crippen LogP contribution in [0.4, 0.5) is 0 Å². The average molecular weight is 512 g/mol. The van der Waals surface area contributed by atoms with E-state index in [-0.39, 0.29) is 28.7 Å². The number of para-hydroxylation sites is 2. The van der Waals surface area contributed by atoms with Crippen molar-refractivity contribution >= 4 is 34.2 Å². The molecule has 9 nitrogen and oxygen atoms in total. The number of carbonyl (C=O) groups is 2. The molecule has 1 aliphatic carbocycles. The number of carbonyl (C=O) groups excluding carboxylic acids is 2. The average Bonchev–Trinajstić information content (AvgIpc) is 3.39. The van der Waals surface area contributed by atoms with Gasteiger partial charge in [0.25, 0.3) is 0 Å². The third kappa shape index (κ3) is 3.53. The van der Waals surface area contributed by atoms with Crippen LogP contribution in [-0.4, -0.2) is 52.6 Å². The first-order valence-corrected chi connectivity index (χ1v) is 12.0. The van der Waals surface area contributed by atoms with Gasteiger partial charge in [-0.1, -0.05) is 30.7 Å². The van der Waals surface area contributed by atoms with Gasteiger partial charge in [-0.2, -0.15) is 0 Å². The number of hydrogen-bond donors (Lipinski definition) is 2. The van der Waals surface area contributed by atoms with Crippen molar-refractivity contribution in [3.05, 3.63) is 58.5 Å². The summed E-state index contributed by atoms with van der Waals surface area (Å²) >= 11 is 6.44. The van der Waals surface area contributed by atoms with E-state index >= 15 is 0 Å². The molecule has 0 fully saturated rings. The molecule has 1 aliphatic heterocycles. The predicted molar refractivity (Wildman–Crippen MR) is 133 cm³/mol. The summed E-state index contributed by atoms with van der Waals surface area (Å²) < 4.78 is 18.7. The SMILES string of the molecule is COc1cc(OC)c2c(c1Cl)OC1(C(=O)C=C(NCCn3c(CO)nc4ccccc43)CC1C)C2=O. The van der Waals surface area contributed by atoms with Crippen LogP contribution < -0.4 is 19.5 Å². The second-order valence-electron chi connectivity index (χ2n) is 8.86. The van der Waals surface area contributed by atoms with E-state index in [9.17, 15) is 14.7 Å². The topological polar surface area (TPSA) is 112 Å². The Labute approximate surface area is 212 Å². The first-order valence-electron chi connectivity index (χ1n) is 11.6. The summed E-state index contributed by atoms with van der Waals surface area (Å²) in [7, 11) is 2.88. The Morgan fingerprint density at radius 2 is 2.00 bits per heavy atom. The fourth-order valence-electron chi connectivity index (χ4n) is 5.08. The van der Waals surface area contributed by atoms with Gasteiger partial charge in [0.15, 0.2) is 5.75 Å². The van der Waals surface area contributed by atoms with Crippen molar-refractivity contribution < 1.29 is 28.9 Å². The highest BCUT2D eigenvalue weighted by atomic mass is 35.5. The lowest BCUT2D eigenvalue weighted by Crippen LogP contribution is -2.55. The standard InChI is InChI=1S/C26H26ClN3O6/c1-14-10-15(28-8-9-30-17-7-5-4-6-16(17)29-21(30)13-31)11-20(32)26(14)25(33)22-18(34-2)12-19(35-3)23(27)24(22)36-26/h4-7,11-12,14,28,31H,8-10,13H2,1-3H3. The first kappa shape index (κ1) is 24.1. The fourth-order valence-corrected chi connectivity index (χ4v) is 5.34. The Bertz CT molecular complexity index is 1410. The molecule has 36 heavy (non-hydrogen) atoms. The van der Waals surface area contributed by atoms with E-state index in [1.54, 1.807) is 6.92 Å². The Kier molecular flexibility index (Phi) is 6.13. The lowest BCUT2D eigenvalue weighted by Gasteiger charge is -2.35. The van der Waals surface area contributed by atoms with Gasteiger partial charge in [-0.15, -0.1) is 0 Å². The van der Waals surface area contributed by atoms with Gasteiger partial charge in [0.05, 0.1) is 25.3 Å².